The number of ether oxygens (including phenoxy) is 2. The second-order valence-electron chi connectivity index (χ2n) is 5.43. The van der Waals surface area contributed by atoms with Gasteiger partial charge in [-0.2, -0.15) is 0 Å². The van der Waals surface area contributed by atoms with Gasteiger partial charge in [-0.15, -0.1) is 5.10 Å². The lowest BCUT2D eigenvalue weighted by Gasteiger charge is -2.14. The van der Waals surface area contributed by atoms with Crippen LogP contribution in [-0.2, 0) is 11.2 Å². The van der Waals surface area contributed by atoms with Gasteiger partial charge in [0, 0.05) is 0 Å². The van der Waals surface area contributed by atoms with Crippen molar-refractivity contribution in [1.29, 1.82) is 0 Å². The van der Waals surface area contributed by atoms with E-state index in [1.54, 1.807) is 31.2 Å². The van der Waals surface area contributed by atoms with E-state index >= 15 is 0 Å². The van der Waals surface area contributed by atoms with Gasteiger partial charge in [0.05, 0.1) is 5.69 Å². The average Bonchev–Trinajstić information content (AvgIpc) is 3.17. The zero-order valence-corrected chi connectivity index (χ0v) is 14.0. The van der Waals surface area contributed by atoms with Crippen LogP contribution in [0.25, 0.3) is 5.69 Å². The fourth-order valence-corrected chi connectivity index (χ4v) is 2.20. The van der Waals surface area contributed by atoms with Gasteiger partial charge in [0.25, 0.3) is 0 Å². The smallest absolute Gasteiger partial charge is 0.352 e. The third-order valence-electron chi connectivity index (χ3n) is 3.65. The maximum Gasteiger partial charge on any atom is 0.352 e. The summed E-state index contributed by atoms with van der Waals surface area (Å²) in [6, 6.07) is 14.5. The van der Waals surface area contributed by atoms with Crippen LogP contribution in [0.1, 0.15) is 19.4 Å². The van der Waals surface area contributed by atoms with Gasteiger partial charge in [0.2, 0.25) is 0 Å². The van der Waals surface area contributed by atoms with Crippen molar-refractivity contribution in [2.24, 2.45) is 0 Å². The van der Waals surface area contributed by atoms with E-state index in [9.17, 15) is 4.79 Å². The van der Waals surface area contributed by atoms with Crippen molar-refractivity contribution < 1.29 is 14.3 Å². The number of aromatic nitrogens is 4. The van der Waals surface area contributed by atoms with Crippen LogP contribution in [0.5, 0.6) is 11.5 Å². The van der Waals surface area contributed by atoms with E-state index in [1.807, 2.05) is 24.3 Å². The van der Waals surface area contributed by atoms with E-state index in [2.05, 4.69) is 22.4 Å². The molecule has 0 radical (unpaired) electrons. The zero-order chi connectivity index (χ0) is 17.6. The van der Waals surface area contributed by atoms with E-state index in [-0.39, 0.29) is 0 Å². The molecule has 0 aliphatic rings. The van der Waals surface area contributed by atoms with Crippen molar-refractivity contribution in [3.63, 3.8) is 0 Å². The van der Waals surface area contributed by atoms with Gasteiger partial charge in [-0.1, -0.05) is 19.1 Å². The van der Waals surface area contributed by atoms with Gasteiger partial charge in [0.1, 0.15) is 17.8 Å². The molecule has 0 aliphatic carbocycles. The van der Waals surface area contributed by atoms with Gasteiger partial charge in [-0.3, -0.25) is 0 Å². The van der Waals surface area contributed by atoms with Crippen LogP contribution >= 0.6 is 0 Å². The first kappa shape index (κ1) is 16.6. The second kappa shape index (κ2) is 7.57. The van der Waals surface area contributed by atoms with Crippen LogP contribution in [0, 0.1) is 0 Å². The lowest BCUT2D eigenvalue weighted by Crippen LogP contribution is -2.28. The first-order valence-corrected chi connectivity index (χ1v) is 7.96. The maximum absolute atomic E-state index is 12.2. The van der Waals surface area contributed by atoms with Crippen LogP contribution < -0.4 is 9.47 Å². The molecule has 1 atom stereocenters. The molecule has 3 rings (SSSR count). The van der Waals surface area contributed by atoms with Gasteiger partial charge in [-0.25, -0.2) is 9.48 Å². The van der Waals surface area contributed by atoms with Gasteiger partial charge in [0.15, 0.2) is 6.10 Å². The molecule has 0 amide bonds. The number of carbonyl (C=O) groups is 1. The highest BCUT2D eigenvalue weighted by molar-refractivity contribution is 5.77. The zero-order valence-electron chi connectivity index (χ0n) is 14.0. The first-order chi connectivity index (χ1) is 12.2. The first-order valence-electron chi connectivity index (χ1n) is 7.96. The van der Waals surface area contributed by atoms with E-state index in [0.717, 1.165) is 12.1 Å². The molecule has 1 heterocycles. The Morgan fingerprint density at radius 2 is 1.76 bits per heavy atom. The highest BCUT2D eigenvalue weighted by Gasteiger charge is 2.17. The number of aryl methyl sites for hydroxylation is 1. The Morgan fingerprint density at radius 3 is 2.36 bits per heavy atom. The molecule has 1 unspecified atom stereocenters. The molecule has 0 N–H and O–H groups in total. The molecule has 1 aromatic heterocycles. The average molecular weight is 338 g/mol. The number of hydrogen-bond acceptors (Lipinski definition) is 6. The Balaban J connectivity index is 1.59. The standard InChI is InChI=1S/C18H18N4O3/c1-3-14-4-8-16(9-5-14)24-13(2)18(23)25-17-10-6-15(7-11-17)22-12-19-20-21-22/h4-13H,3H2,1-2H3. The minimum Gasteiger partial charge on any atom is -0.479 e. The largest absolute Gasteiger partial charge is 0.479 e. The second-order valence-corrected chi connectivity index (χ2v) is 5.43. The van der Waals surface area contributed by atoms with Crippen molar-refractivity contribution in [3.8, 4) is 17.2 Å². The van der Waals surface area contributed by atoms with Crippen molar-refractivity contribution in [1.82, 2.24) is 20.2 Å². The van der Waals surface area contributed by atoms with Gasteiger partial charge in [-0.05, 0) is 65.7 Å². The number of nitrogens with zero attached hydrogens (tertiary/aromatic N) is 4. The number of esters is 1. The molecule has 2 aromatic carbocycles. The number of carbonyl (C=O) groups excluding carboxylic acids is 1. The Morgan fingerprint density at radius 1 is 1.08 bits per heavy atom. The Bertz CT molecular complexity index is 815. The normalized spacial score (nSPS) is 11.8. The topological polar surface area (TPSA) is 79.1 Å². The molecule has 0 saturated heterocycles. The lowest BCUT2D eigenvalue weighted by molar-refractivity contribution is -0.141. The molecule has 128 valence electrons. The minimum absolute atomic E-state index is 0.429. The number of hydrogen-bond donors (Lipinski definition) is 0. The van der Waals surface area contributed by atoms with Crippen LogP contribution in [0.2, 0.25) is 0 Å². The molecule has 25 heavy (non-hydrogen) atoms. The molecule has 0 fully saturated rings. The van der Waals surface area contributed by atoms with Crippen LogP contribution in [-0.4, -0.2) is 32.3 Å². The summed E-state index contributed by atoms with van der Waals surface area (Å²) < 4.78 is 12.5. The predicted octanol–water partition coefficient (Wildman–Crippen LogP) is 2.60. The highest BCUT2D eigenvalue weighted by atomic mass is 16.6. The van der Waals surface area contributed by atoms with E-state index in [4.69, 9.17) is 9.47 Å². The molecular weight excluding hydrogens is 320 g/mol. The number of benzene rings is 2. The summed E-state index contributed by atoms with van der Waals surface area (Å²) in [5.74, 6) is 0.601. The Hall–Kier alpha value is -3.22. The van der Waals surface area contributed by atoms with Crippen molar-refractivity contribution >= 4 is 5.97 Å². The quantitative estimate of drug-likeness (QED) is 0.508. The molecule has 0 bridgehead atoms. The summed E-state index contributed by atoms with van der Waals surface area (Å²) >= 11 is 0. The van der Waals surface area contributed by atoms with E-state index in [1.165, 1.54) is 16.6 Å². The van der Waals surface area contributed by atoms with Crippen LogP contribution in [0.3, 0.4) is 0 Å². The third-order valence-corrected chi connectivity index (χ3v) is 3.65. The van der Waals surface area contributed by atoms with Crippen molar-refractivity contribution in [3.05, 3.63) is 60.4 Å². The molecule has 3 aromatic rings. The molecule has 7 nitrogen and oxygen atoms in total. The Kier molecular flexibility index (Phi) is 5.03. The van der Waals surface area contributed by atoms with E-state index < -0.39 is 12.1 Å². The molecular formula is C18H18N4O3. The summed E-state index contributed by atoms with van der Waals surface area (Å²) in [6.45, 7) is 3.74. The summed E-state index contributed by atoms with van der Waals surface area (Å²) in [4.78, 5) is 12.2. The summed E-state index contributed by atoms with van der Waals surface area (Å²) in [5, 5.41) is 10.9. The SMILES string of the molecule is CCc1ccc(OC(C)C(=O)Oc2ccc(-n3cnnn3)cc2)cc1. The van der Waals surface area contributed by atoms with Crippen LogP contribution in [0.4, 0.5) is 0 Å². The molecule has 0 aliphatic heterocycles. The fraction of sp³-hybridized carbons (Fsp3) is 0.222. The fourth-order valence-electron chi connectivity index (χ4n) is 2.20. The summed E-state index contributed by atoms with van der Waals surface area (Å²) in [5.41, 5.74) is 1.98. The van der Waals surface area contributed by atoms with Crippen LogP contribution in [0.15, 0.2) is 54.9 Å². The van der Waals surface area contributed by atoms with Crippen molar-refractivity contribution in [2.75, 3.05) is 0 Å². The molecule has 0 spiro atoms. The molecule has 0 saturated carbocycles. The third kappa shape index (κ3) is 4.20. The number of rotatable bonds is 6. The summed E-state index contributed by atoms with van der Waals surface area (Å²) in [7, 11) is 0. The number of tetrazole rings is 1. The monoisotopic (exact) mass is 338 g/mol. The lowest BCUT2D eigenvalue weighted by atomic mass is 10.2. The van der Waals surface area contributed by atoms with Crippen molar-refractivity contribution in [2.45, 2.75) is 26.4 Å². The maximum atomic E-state index is 12.2. The molecule has 7 heteroatoms. The Labute approximate surface area is 145 Å². The minimum atomic E-state index is -0.716. The van der Waals surface area contributed by atoms with Gasteiger partial charge < -0.3 is 9.47 Å². The van der Waals surface area contributed by atoms with Gasteiger partial charge >= 0.3 is 5.97 Å². The summed E-state index contributed by atoms with van der Waals surface area (Å²) in [6.07, 6.45) is 1.73. The highest BCUT2D eigenvalue weighted by Crippen LogP contribution is 2.17. The van der Waals surface area contributed by atoms with E-state index in [0.29, 0.717) is 11.5 Å². The predicted molar refractivity (Wildman–Crippen MR) is 90.7 cm³/mol.